The molecule has 1 heterocycles. The lowest BCUT2D eigenvalue weighted by atomic mass is 10.0. The van der Waals surface area contributed by atoms with E-state index in [4.69, 9.17) is 0 Å². The van der Waals surface area contributed by atoms with Gasteiger partial charge in [-0.1, -0.05) is 12.1 Å². The largest absolute Gasteiger partial charge is 0.380 e. The number of aliphatic hydroxyl groups is 1. The molecule has 0 aliphatic heterocycles. The Morgan fingerprint density at radius 2 is 2.10 bits per heavy atom. The predicted octanol–water partition coefficient (Wildman–Crippen LogP) is 1.54. The van der Waals surface area contributed by atoms with E-state index >= 15 is 0 Å². The molecule has 1 aliphatic carbocycles. The number of nitrogens with zero attached hydrogens (tertiary/aromatic N) is 2. The number of carbonyl (C=O) groups is 1. The Morgan fingerprint density at radius 1 is 1.38 bits per heavy atom. The summed E-state index contributed by atoms with van der Waals surface area (Å²) in [4.78, 5) is 16.6. The van der Waals surface area contributed by atoms with Crippen molar-refractivity contribution in [3.63, 3.8) is 0 Å². The van der Waals surface area contributed by atoms with E-state index in [1.54, 1.807) is 0 Å². The molecule has 1 aliphatic rings. The van der Waals surface area contributed by atoms with E-state index in [9.17, 15) is 9.90 Å². The Labute approximate surface area is 124 Å². The number of hydrogen-bond acceptors (Lipinski definition) is 3. The van der Waals surface area contributed by atoms with Gasteiger partial charge in [0.2, 0.25) is 0 Å². The number of fused-ring (bicyclic) bond motifs is 1. The summed E-state index contributed by atoms with van der Waals surface area (Å²) in [6.07, 6.45) is 3.66. The average molecular weight is 287 g/mol. The number of aromatic nitrogens is 2. The predicted molar refractivity (Wildman–Crippen MR) is 80.8 cm³/mol. The van der Waals surface area contributed by atoms with Gasteiger partial charge in [-0.2, -0.15) is 0 Å². The second-order valence-corrected chi connectivity index (χ2v) is 5.82. The van der Waals surface area contributed by atoms with Crippen LogP contribution in [-0.4, -0.2) is 32.7 Å². The van der Waals surface area contributed by atoms with E-state index in [0.29, 0.717) is 25.8 Å². The number of nitrogens with one attached hydrogen (secondary N) is 1. The lowest BCUT2D eigenvalue weighted by molar-refractivity contribution is -0.139. The lowest BCUT2D eigenvalue weighted by Gasteiger charge is -2.20. The Bertz CT molecular complexity index is 657. The second-order valence-electron chi connectivity index (χ2n) is 5.82. The van der Waals surface area contributed by atoms with Gasteiger partial charge in [-0.15, -0.1) is 0 Å². The molecule has 1 fully saturated rings. The molecule has 0 spiro atoms. The van der Waals surface area contributed by atoms with Crippen LogP contribution in [0.5, 0.6) is 0 Å². The number of hydrogen-bond donors (Lipinski definition) is 2. The Hall–Kier alpha value is -1.88. The van der Waals surface area contributed by atoms with Crippen molar-refractivity contribution in [1.29, 1.82) is 0 Å². The first-order valence-corrected chi connectivity index (χ1v) is 7.51. The Kier molecular flexibility index (Phi) is 3.68. The maximum atomic E-state index is 12.0. The summed E-state index contributed by atoms with van der Waals surface area (Å²) < 4.78 is 2.05. The Balaban J connectivity index is 1.62. The highest BCUT2D eigenvalue weighted by atomic mass is 16.3. The van der Waals surface area contributed by atoms with Crippen LogP contribution in [0.1, 0.15) is 31.5 Å². The quantitative estimate of drug-likeness (QED) is 0.896. The molecule has 0 radical (unpaired) electrons. The average Bonchev–Trinajstić information content (AvgIpc) is 3.06. The van der Waals surface area contributed by atoms with Crippen molar-refractivity contribution in [3.8, 4) is 0 Å². The maximum Gasteiger partial charge on any atom is 0.251 e. The van der Waals surface area contributed by atoms with Crippen LogP contribution in [-0.2, 0) is 18.3 Å². The van der Waals surface area contributed by atoms with Gasteiger partial charge in [0.1, 0.15) is 11.4 Å². The molecular weight excluding hydrogens is 266 g/mol. The molecular formula is C16H21N3O2. The van der Waals surface area contributed by atoms with Crippen LogP contribution in [0.4, 0.5) is 0 Å². The van der Waals surface area contributed by atoms with Crippen molar-refractivity contribution in [2.45, 2.75) is 37.7 Å². The number of benzene rings is 1. The van der Waals surface area contributed by atoms with Crippen molar-refractivity contribution < 1.29 is 9.90 Å². The first-order chi connectivity index (χ1) is 10.1. The number of rotatable bonds is 4. The van der Waals surface area contributed by atoms with Gasteiger partial charge in [0, 0.05) is 20.0 Å². The minimum absolute atomic E-state index is 0.237. The molecule has 0 unspecified atom stereocenters. The van der Waals surface area contributed by atoms with Crippen molar-refractivity contribution in [3.05, 3.63) is 30.1 Å². The molecule has 3 rings (SSSR count). The monoisotopic (exact) mass is 287 g/mol. The van der Waals surface area contributed by atoms with Gasteiger partial charge in [-0.05, 0) is 37.8 Å². The summed E-state index contributed by atoms with van der Waals surface area (Å²) in [6, 6.07) is 7.98. The highest BCUT2D eigenvalue weighted by Gasteiger charge is 2.38. The van der Waals surface area contributed by atoms with Gasteiger partial charge >= 0.3 is 0 Å². The number of imidazole rings is 1. The summed E-state index contributed by atoms with van der Waals surface area (Å²) in [7, 11) is 1.98. The minimum Gasteiger partial charge on any atom is -0.380 e. The van der Waals surface area contributed by atoms with E-state index in [0.717, 1.165) is 29.7 Å². The summed E-state index contributed by atoms with van der Waals surface area (Å²) >= 11 is 0. The van der Waals surface area contributed by atoms with Gasteiger partial charge in [0.25, 0.3) is 5.91 Å². The highest BCUT2D eigenvalue weighted by molar-refractivity contribution is 5.85. The zero-order chi connectivity index (χ0) is 14.9. The standard InChI is InChI=1S/C16H21N3O2/c1-19-13-7-3-2-6-12(13)18-14(19)8-11-17-15(20)16(21)9-4-5-10-16/h2-3,6-7,21H,4-5,8-11H2,1H3,(H,17,20). The third kappa shape index (κ3) is 2.65. The van der Waals surface area contributed by atoms with E-state index in [1.165, 1.54) is 0 Å². The van der Waals surface area contributed by atoms with Crippen LogP contribution in [0.25, 0.3) is 11.0 Å². The van der Waals surface area contributed by atoms with E-state index in [2.05, 4.69) is 10.3 Å². The molecule has 2 aromatic rings. The molecule has 0 bridgehead atoms. The van der Waals surface area contributed by atoms with Crippen molar-refractivity contribution in [1.82, 2.24) is 14.9 Å². The van der Waals surface area contributed by atoms with Crippen LogP contribution < -0.4 is 5.32 Å². The molecule has 112 valence electrons. The fourth-order valence-electron chi connectivity index (χ4n) is 3.06. The van der Waals surface area contributed by atoms with Gasteiger partial charge in [-0.25, -0.2) is 4.98 Å². The zero-order valence-corrected chi connectivity index (χ0v) is 12.3. The van der Waals surface area contributed by atoms with E-state index < -0.39 is 5.60 Å². The molecule has 5 heteroatoms. The molecule has 1 amide bonds. The van der Waals surface area contributed by atoms with Gasteiger partial charge in [0.15, 0.2) is 0 Å². The van der Waals surface area contributed by atoms with Crippen molar-refractivity contribution in [2.75, 3.05) is 6.54 Å². The van der Waals surface area contributed by atoms with Crippen molar-refractivity contribution >= 4 is 16.9 Å². The van der Waals surface area contributed by atoms with Crippen LogP contribution in [0.3, 0.4) is 0 Å². The van der Waals surface area contributed by atoms with Crippen LogP contribution >= 0.6 is 0 Å². The minimum atomic E-state index is -1.15. The van der Waals surface area contributed by atoms with Crippen LogP contribution in [0.2, 0.25) is 0 Å². The molecule has 1 aromatic heterocycles. The van der Waals surface area contributed by atoms with Crippen LogP contribution in [0.15, 0.2) is 24.3 Å². The van der Waals surface area contributed by atoms with Gasteiger partial charge in [0.05, 0.1) is 11.0 Å². The number of para-hydroxylation sites is 2. The van der Waals surface area contributed by atoms with Crippen LogP contribution in [0, 0.1) is 0 Å². The van der Waals surface area contributed by atoms with E-state index in [1.807, 2.05) is 35.9 Å². The first kappa shape index (κ1) is 14.1. The zero-order valence-electron chi connectivity index (χ0n) is 12.3. The molecule has 1 saturated carbocycles. The third-order valence-corrected chi connectivity index (χ3v) is 4.37. The first-order valence-electron chi connectivity index (χ1n) is 7.51. The topological polar surface area (TPSA) is 67.2 Å². The SMILES string of the molecule is Cn1c(CCNC(=O)C2(O)CCCC2)nc2ccccc21. The fraction of sp³-hybridized carbons (Fsp3) is 0.500. The Morgan fingerprint density at radius 3 is 2.81 bits per heavy atom. The smallest absolute Gasteiger partial charge is 0.251 e. The second kappa shape index (κ2) is 5.48. The van der Waals surface area contributed by atoms with Gasteiger partial charge < -0.3 is 15.0 Å². The molecule has 0 saturated heterocycles. The molecule has 1 aromatic carbocycles. The number of carbonyl (C=O) groups excluding carboxylic acids is 1. The summed E-state index contributed by atoms with van der Waals surface area (Å²) in [5.74, 6) is 0.702. The number of amides is 1. The van der Waals surface area contributed by atoms with Crippen molar-refractivity contribution in [2.24, 2.45) is 7.05 Å². The molecule has 2 N–H and O–H groups in total. The normalized spacial score (nSPS) is 17.2. The highest BCUT2D eigenvalue weighted by Crippen LogP contribution is 2.29. The maximum absolute atomic E-state index is 12.0. The lowest BCUT2D eigenvalue weighted by Crippen LogP contribution is -2.45. The number of aryl methyl sites for hydroxylation is 1. The molecule has 0 atom stereocenters. The summed E-state index contributed by atoms with van der Waals surface area (Å²) in [5.41, 5.74) is 0.913. The molecule has 21 heavy (non-hydrogen) atoms. The summed E-state index contributed by atoms with van der Waals surface area (Å²) in [5, 5.41) is 13.0. The van der Waals surface area contributed by atoms with E-state index in [-0.39, 0.29) is 5.91 Å². The molecule has 5 nitrogen and oxygen atoms in total. The van der Waals surface area contributed by atoms with Gasteiger partial charge in [-0.3, -0.25) is 4.79 Å². The summed E-state index contributed by atoms with van der Waals surface area (Å²) in [6.45, 7) is 0.498. The fourth-order valence-corrected chi connectivity index (χ4v) is 3.06. The third-order valence-electron chi connectivity index (χ3n) is 4.37.